The second kappa shape index (κ2) is 15.5. The van der Waals surface area contributed by atoms with Gasteiger partial charge in [-0.05, 0) is 31.0 Å². The molecule has 0 saturated carbocycles. The number of nitrogens with two attached hydrogens (primary N) is 1. The van der Waals surface area contributed by atoms with Crippen LogP contribution in [0.4, 0.5) is 4.39 Å². The van der Waals surface area contributed by atoms with Gasteiger partial charge in [-0.1, -0.05) is 89.3 Å². The predicted molar refractivity (Wildman–Crippen MR) is 116 cm³/mol. The molecule has 0 aliphatic carbocycles. The second-order valence-electron chi connectivity index (χ2n) is 7.75. The average molecular weight is 394 g/mol. The van der Waals surface area contributed by atoms with Crippen molar-refractivity contribution < 1.29 is 13.9 Å². The van der Waals surface area contributed by atoms with Crippen LogP contribution in [0.25, 0.3) is 0 Å². The van der Waals surface area contributed by atoms with E-state index in [4.69, 9.17) is 10.5 Å². The fourth-order valence-electron chi connectivity index (χ4n) is 3.86. The third-order valence-corrected chi connectivity index (χ3v) is 5.51. The fraction of sp³-hybridized carbons (Fsp3) is 0.708. The molecule has 2 atom stereocenters. The van der Waals surface area contributed by atoms with Gasteiger partial charge in [0.1, 0.15) is 6.17 Å². The highest BCUT2D eigenvalue weighted by Crippen LogP contribution is 2.32. The summed E-state index contributed by atoms with van der Waals surface area (Å²) in [6, 6.07) is 7.24. The van der Waals surface area contributed by atoms with Crippen molar-refractivity contribution in [3.63, 3.8) is 0 Å². The van der Waals surface area contributed by atoms with Crippen LogP contribution in [0.15, 0.2) is 24.3 Å². The lowest BCUT2D eigenvalue weighted by molar-refractivity contribution is 0.0598. The molecule has 0 heterocycles. The van der Waals surface area contributed by atoms with Crippen molar-refractivity contribution in [2.45, 2.75) is 96.1 Å². The van der Waals surface area contributed by atoms with E-state index >= 15 is 0 Å². The van der Waals surface area contributed by atoms with Crippen molar-refractivity contribution >= 4 is 5.97 Å². The molecule has 1 aromatic carbocycles. The van der Waals surface area contributed by atoms with Gasteiger partial charge in [0.15, 0.2) is 0 Å². The Hall–Kier alpha value is -1.42. The zero-order valence-electron chi connectivity index (χ0n) is 17.9. The van der Waals surface area contributed by atoms with Crippen molar-refractivity contribution in [3.8, 4) is 0 Å². The molecule has 2 unspecified atom stereocenters. The molecule has 1 aromatic rings. The molecule has 0 aromatic heterocycles. The molecular formula is C24H40FNO2. The second-order valence-corrected chi connectivity index (χ2v) is 7.75. The summed E-state index contributed by atoms with van der Waals surface area (Å²) in [5.74, 6) is -0.698. The number of hydrogen-bond acceptors (Lipinski definition) is 3. The maximum Gasteiger partial charge on any atom is 0.338 e. The van der Waals surface area contributed by atoms with E-state index in [1.165, 1.54) is 58.5 Å². The standard InChI is InChI=1S/C24H40FNO2/c1-3-4-5-6-7-8-9-10-11-12-16-21(23(25)18-19-26)20-15-13-14-17-22(20)24(27)28-2/h13-15,17,21,23H,3-12,16,18-19,26H2,1-2H3. The largest absolute Gasteiger partial charge is 0.465 e. The Bertz CT molecular complexity index is 535. The van der Waals surface area contributed by atoms with Crippen molar-refractivity contribution in [3.05, 3.63) is 35.4 Å². The Labute approximate surface area is 171 Å². The van der Waals surface area contributed by atoms with E-state index in [2.05, 4.69) is 6.92 Å². The van der Waals surface area contributed by atoms with Crippen LogP contribution in [0, 0.1) is 0 Å². The maximum atomic E-state index is 14.8. The van der Waals surface area contributed by atoms with Gasteiger partial charge >= 0.3 is 5.97 Å². The molecule has 0 radical (unpaired) electrons. The predicted octanol–water partition coefficient (Wildman–Crippen LogP) is 6.55. The van der Waals surface area contributed by atoms with E-state index in [9.17, 15) is 9.18 Å². The average Bonchev–Trinajstić information content (AvgIpc) is 2.71. The molecule has 0 amide bonds. The number of ether oxygens (including phenoxy) is 1. The summed E-state index contributed by atoms with van der Waals surface area (Å²) in [5.41, 5.74) is 6.82. The minimum absolute atomic E-state index is 0.298. The summed E-state index contributed by atoms with van der Waals surface area (Å²) in [6.45, 7) is 2.56. The molecule has 0 spiro atoms. The lowest BCUT2D eigenvalue weighted by Gasteiger charge is -2.23. The molecule has 1 rings (SSSR count). The molecule has 0 aliphatic rings. The number of halogens is 1. The number of esters is 1. The van der Waals surface area contributed by atoms with Crippen LogP contribution in [0.1, 0.15) is 106 Å². The Morgan fingerprint density at radius 3 is 2.11 bits per heavy atom. The van der Waals surface area contributed by atoms with E-state index in [-0.39, 0.29) is 5.92 Å². The summed E-state index contributed by atoms with van der Waals surface area (Å²) < 4.78 is 19.7. The number of carbonyl (C=O) groups excluding carboxylic acids is 1. The molecule has 2 N–H and O–H groups in total. The van der Waals surface area contributed by atoms with Crippen molar-refractivity contribution in [1.29, 1.82) is 0 Å². The first-order chi connectivity index (χ1) is 13.7. The minimum atomic E-state index is -1.03. The number of alkyl halides is 1. The number of methoxy groups -OCH3 is 1. The first-order valence-corrected chi connectivity index (χ1v) is 11.2. The summed E-state index contributed by atoms with van der Waals surface area (Å²) in [6.07, 6.45) is 12.6. The van der Waals surface area contributed by atoms with Crippen LogP contribution < -0.4 is 5.73 Å². The van der Waals surface area contributed by atoms with E-state index in [0.717, 1.165) is 24.8 Å². The van der Waals surface area contributed by atoms with Gasteiger partial charge in [-0.25, -0.2) is 9.18 Å². The van der Waals surface area contributed by atoms with Gasteiger partial charge in [-0.3, -0.25) is 0 Å². The quantitative estimate of drug-likeness (QED) is 0.256. The summed E-state index contributed by atoms with van der Waals surface area (Å²) in [7, 11) is 1.36. The molecule has 28 heavy (non-hydrogen) atoms. The molecule has 3 nitrogen and oxygen atoms in total. The lowest BCUT2D eigenvalue weighted by Crippen LogP contribution is -2.21. The monoisotopic (exact) mass is 393 g/mol. The van der Waals surface area contributed by atoms with E-state index in [1.807, 2.05) is 12.1 Å². The fourth-order valence-corrected chi connectivity index (χ4v) is 3.86. The number of rotatable bonds is 16. The molecule has 0 fully saturated rings. The third-order valence-electron chi connectivity index (χ3n) is 5.51. The van der Waals surface area contributed by atoms with Crippen LogP contribution in [0.3, 0.4) is 0 Å². The van der Waals surface area contributed by atoms with Crippen LogP contribution in [0.2, 0.25) is 0 Å². The Kier molecular flexibility index (Phi) is 13.6. The summed E-state index contributed by atoms with van der Waals surface area (Å²) in [4.78, 5) is 12.1. The molecule has 4 heteroatoms. The zero-order chi connectivity index (χ0) is 20.6. The first-order valence-electron chi connectivity index (χ1n) is 11.2. The van der Waals surface area contributed by atoms with Gasteiger partial charge in [0.25, 0.3) is 0 Å². The maximum absolute atomic E-state index is 14.8. The van der Waals surface area contributed by atoms with Gasteiger partial charge in [0, 0.05) is 5.92 Å². The highest BCUT2D eigenvalue weighted by molar-refractivity contribution is 5.91. The van der Waals surface area contributed by atoms with Gasteiger partial charge in [-0.2, -0.15) is 0 Å². The Balaban J connectivity index is 2.51. The SMILES string of the molecule is CCCCCCCCCCCCC(c1ccccc1C(=O)OC)C(F)CCN. The Morgan fingerprint density at radius 2 is 1.54 bits per heavy atom. The minimum Gasteiger partial charge on any atom is -0.465 e. The normalized spacial score (nSPS) is 13.3. The zero-order valence-corrected chi connectivity index (χ0v) is 17.9. The van der Waals surface area contributed by atoms with Crippen LogP contribution in [-0.2, 0) is 4.74 Å². The smallest absolute Gasteiger partial charge is 0.338 e. The molecule has 0 bridgehead atoms. The van der Waals surface area contributed by atoms with Crippen LogP contribution in [-0.4, -0.2) is 25.8 Å². The lowest BCUT2D eigenvalue weighted by atomic mass is 9.85. The van der Waals surface area contributed by atoms with Crippen molar-refractivity contribution in [2.75, 3.05) is 13.7 Å². The van der Waals surface area contributed by atoms with E-state index in [1.54, 1.807) is 12.1 Å². The third kappa shape index (κ3) is 9.18. The van der Waals surface area contributed by atoms with Crippen molar-refractivity contribution in [1.82, 2.24) is 0 Å². The van der Waals surface area contributed by atoms with E-state index < -0.39 is 12.1 Å². The van der Waals surface area contributed by atoms with E-state index in [0.29, 0.717) is 18.5 Å². The molecule has 0 saturated heterocycles. The first kappa shape index (κ1) is 24.6. The highest BCUT2D eigenvalue weighted by Gasteiger charge is 2.26. The topological polar surface area (TPSA) is 52.3 Å². The van der Waals surface area contributed by atoms with Gasteiger partial charge in [0.2, 0.25) is 0 Å². The Morgan fingerprint density at radius 1 is 0.964 bits per heavy atom. The molecule has 0 aliphatic heterocycles. The summed E-state index contributed by atoms with van der Waals surface area (Å²) in [5, 5.41) is 0. The highest BCUT2D eigenvalue weighted by atomic mass is 19.1. The summed E-state index contributed by atoms with van der Waals surface area (Å²) >= 11 is 0. The number of unbranched alkanes of at least 4 members (excludes halogenated alkanes) is 9. The van der Waals surface area contributed by atoms with Crippen LogP contribution in [0.5, 0.6) is 0 Å². The number of carbonyl (C=O) groups is 1. The van der Waals surface area contributed by atoms with Gasteiger partial charge < -0.3 is 10.5 Å². The van der Waals surface area contributed by atoms with Gasteiger partial charge in [-0.15, -0.1) is 0 Å². The molecular weight excluding hydrogens is 353 g/mol. The van der Waals surface area contributed by atoms with Crippen molar-refractivity contribution in [2.24, 2.45) is 5.73 Å². The van der Waals surface area contributed by atoms with Gasteiger partial charge in [0.05, 0.1) is 12.7 Å². The number of hydrogen-bond donors (Lipinski definition) is 1. The molecule has 160 valence electrons. The number of benzene rings is 1. The van der Waals surface area contributed by atoms with Crippen LogP contribution >= 0.6 is 0 Å².